The summed E-state index contributed by atoms with van der Waals surface area (Å²) in [5.74, 6) is 1.28. The van der Waals surface area contributed by atoms with E-state index in [1.807, 2.05) is 0 Å². The van der Waals surface area contributed by atoms with Crippen molar-refractivity contribution in [3.05, 3.63) is 22.4 Å². The summed E-state index contributed by atoms with van der Waals surface area (Å²) in [6.07, 6.45) is 0. The summed E-state index contributed by atoms with van der Waals surface area (Å²) in [5.41, 5.74) is 0. The number of rotatable bonds is 1. The molecule has 0 bridgehead atoms. The molecule has 0 radical (unpaired) electrons. The van der Waals surface area contributed by atoms with Crippen molar-refractivity contribution < 1.29 is 12.4 Å². The first kappa shape index (κ1) is 8.99. The first-order valence-electron chi connectivity index (χ1n) is 2.89. The maximum atomic E-state index is 2.29. The second kappa shape index (κ2) is 3.91. The van der Waals surface area contributed by atoms with Crippen LogP contribution in [0, 0.1) is 6.92 Å². The summed E-state index contributed by atoms with van der Waals surface area (Å²) >= 11 is 0. The van der Waals surface area contributed by atoms with Gasteiger partial charge >= 0.3 is 0 Å². The van der Waals surface area contributed by atoms with E-state index in [9.17, 15) is 0 Å². The number of hydrogen-bond donors (Lipinski definition) is 0. The highest BCUT2D eigenvalue weighted by Gasteiger charge is 2.01. The lowest BCUT2D eigenvalue weighted by atomic mass is 10.5. The summed E-state index contributed by atoms with van der Waals surface area (Å²) in [7, 11) is 0.502. The lowest BCUT2D eigenvalue weighted by Crippen LogP contribution is -3.00. The Balaban J connectivity index is 0.000000640. The van der Waals surface area contributed by atoms with E-state index in [4.69, 9.17) is 0 Å². The molecule has 0 spiro atoms. The van der Waals surface area contributed by atoms with Gasteiger partial charge in [-0.3, -0.25) is 0 Å². The van der Waals surface area contributed by atoms with Gasteiger partial charge in [0.05, 0.1) is 0 Å². The van der Waals surface area contributed by atoms with Gasteiger partial charge in [0.2, 0.25) is 0 Å². The number of aryl methyl sites for hydroxylation is 2. The van der Waals surface area contributed by atoms with Crippen molar-refractivity contribution in [2.45, 2.75) is 19.6 Å². The van der Waals surface area contributed by atoms with Gasteiger partial charge in [-0.1, -0.05) is 0 Å². The molecule has 0 N–H and O–H groups in total. The quantitative estimate of drug-likeness (QED) is 0.501. The molecule has 0 aliphatic rings. The second-order valence-electron chi connectivity index (χ2n) is 1.82. The van der Waals surface area contributed by atoms with Crippen molar-refractivity contribution in [2.75, 3.05) is 0 Å². The zero-order valence-corrected chi connectivity index (χ0v) is 7.30. The van der Waals surface area contributed by atoms with Crippen LogP contribution in [0.2, 0.25) is 0 Å². The van der Waals surface area contributed by atoms with Gasteiger partial charge in [-0.25, -0.2) is 0 Å². The molecule has 0 aliphatic carbocycles. The van der Waals surface area contributed by atoms with E-state index >= 15 is 0 Å². The molecule has 0 fully saturated rings. The third-order valence-electron chi connectivity index (χ3n) is 1.30. The molecule has 9 heavy (non-hydrogen) atoms. The van der Waals surface area contributed by atoms with E-state index in [0.717, 1.165) is 0 Å². The monoisotopic (exact) mass is 162 g/mol. The largest absolute Gasteiger partial charge is 1.00 e. The van der Waals surface area contributed by atoms with Crippen LogP contribution in [-0.2, 0) is 5.75 Å². The van der Waals surface area contributed by atoms with E-state index < -0.39 is 0 Å². The van der Waals surface area contributed by atoms with Gasteiger partial charge < -0.3 is 12.4 Å². The smallest absolute Gasteiger partial charge is 0.147 e. The summed E-state index contributed by atoms with van der Waals surface area (Å²) in [6, 6.07) is 4.36. The molecule has 0 amide bonds. The average Bonchev–Trinajstić information content (AvgIpc) is 2.14. The third kappa shape index (κ3) is 1.99. The lowest BCUT2D eigenvalue weighted by Gasteiger charge is -1.78. The van der Waals surface area contributed by atoms with Gasteiger partial charge in [-0.05, 0) is 29.5 Å². The first-order chi connectivity index (χ1) is 3.84. The molecule has 52 valence electrons. The van der Waals surface area contributed by atoms with Crippen LogP contribution in [0.3, 0.4) is 0 Å². The van der Waals surface area contributed by atoms with Gasteiger partial charge in [0, 0.05) is 6.92 Å². The molecule has 0 aromatic carbocycles. The lowest BCUT2D eigenvalue weighted by molar-refractivity contribution is -0.00000174. The molecule has 1 heterocycles. The topological polar surface area (TPSA) is 0 Å². The zero-order valence-electron chi connectivity index (χ0n) is 5.73. The van der Waals surface area contributed by atoms with Crippen LogP contribution in [0.5, 0.6) is 0 Å². The maximum absolute atomic E-state index is 2.29. The fourth-order valence-corrected chi connectivity index (χ4v) is 2.17. The van der Waals surface area contributed by atoms with Gasteiger partial charge in [-0.15, -0.1) is 0 Å². The maximum Gasteiger partial charge on any atom is 0.147 e. The van der Waals surface area contributed by atoms with Crippen LogP contribution < -0.4 is 12.4 Å². The summed E-state index contributed by atoms with van der Waals surface area (Å²) in [6.45, 7) is 4.43. The molecular weight excluding hydrogens is 152 g/mol. The molecule has 1 aromatic heterocycles. The van der Waals surface area contributed by atoms with Crippen molar-refractivity contribution in [3.8, 4) is 0 Å². The second-order valence-corrected chi connectivity index (χ2v) is 4.17. The summed E-state index contributed by atoms with van der Waals surface area (Å²) in [4.78, 5) is 1.53. The van der Waals surface area contributed by atoms with Crippen molar-refractivity contribution >= 4 is 10.5 Å². The summed E-state index contributed by atoms with van der Waals surface area (Å²) < 4.78 is 0. The van der Waals surface area contributed by atoms with Crippen molar-refractivity contribution in [2.24, 2.45) is 0 Å². The molecule has 2 heteroatoms. The fraction of sp³-hybridized carbons (Fsp3) is 0.429. The Morgan fingerprint density at radius 1 is 1.56 bits per heavy atom. The van der Waals surface area contributed by atoms with Crippen LogP contribution in [0.1, 0.15) is 11.8 Å². The Kier molecular flexibility index (Phi) is 3.91. The fourth-order valence-electron chi connectivity index (χ4n) is 0.788. The van der Waals surface area contributed by atoms with Crippen molar-refractivity contribution in [3.63, 3.8) is 0 Å². The van der Waals surface area contributed by atoms with Crippen LogP contribution in [-0.4, -0.2) is 0 Å². The number of hydrogen-bond acceptors (Lipinski definition) is 0. The zero-order chi connectivity index (χ0) is 5.98. The molecular formula is C7H11ClS. The van der Waals surface area contributed by atoms with E-state index in [0.29, 0.717) is 10.5 Å². The highest BCUT2D eigenvalue weighted by Crippen LogP contribution is 2.23. The minimum absolute atomic E-state index is 0. The van der Waals surface area contributed by atoms with Crippen molar-refractivity contribution in [1.82, 2.24) is 0 Å². The Morgan fingerprint density at radius 3 is 2.44 bits per heavy atom. The van der Waals surface area contributed by atoms with E-state index in [2.05, 4.69) is 31.4 Å². The third-order valence-corrected chi connectivity index (χ3v) is 3.37. The van der Waals surface area contributed by atoms with Gasteiger partial charge in [0.25, 0.3) is 0 Å². The Bertz CT molecular complexity index is 169. The highest BCUT2D eigenvalue weighted by atomic mass is 35.5. The van der Waals surface area contributed by atoms with E-state index in [1.54, 1.807) is 0 Å². The van der Waals surface area contributed by atoms with Gasteiger partial charge in [0.15, 0.2) is 0 Å². The molecule has 1 aromatic rings. The molecule has 0 saturated carbocycles. The number of halogens is 1. The molecule has 0 saturated heterocycles. The highest BCUT2D eigenvalue weighted by molar-refractivity contribution is 7.29. The average molecular weight is 163 g/mol. The number of thiophene rings is 1. The predicted molar refractivity (Wildman–Crippen MR) is 39.3 cm³/mol. The first-order valence-corrected chi connectivity index (χ1v) is 4.35. The molecule has 1 atom stereocenters. The van der Waals surface area contributed by atoms with Crippen LogP contribution >= 0.6 is 10.5 Å². The molecule has 0 nitrogen and oxygen atoms in total. The Hall–Kier alpha value is -0.0100. The normalized spacial score (nSPS) is 10.7. The summed E-state index contributed by atoms with van der Waals surface area (Å²) in [5, 5.41) is 2.29. The van der Waals surface area contributed by atoms with Gasteiger partial charge in [-0.2, -0.15) is 0 Å². The van der Waals surface area contributed by atoms with Crippen molar-refractivity contribution in [1.29, 1.82) is 0 Å². The molecule has 1 rings (SSSR count). The standard InChI is InChI=1S/C7H11S.ClH/c1-3-8-6-4-5-7(8)2;/h4-6H,3H2,1-2H3;1H/q+1;/p-1. The predicted octanol–water partition coefficient (Wildman–Crippen LogP) is -0.232. The van der Waals surface area contributed by atoms with Crippen LogP contribution in [0.4, 0.5) is 0 Å². The van der Waals surface area contributed by atoms with Gasteiger partial charge in [0.1, 0.15) is 16.0 Å². The van der Waals surface area contributed by atoms with Crippen LogP contribution in [0.15, 0.2) is 17.5 Å². The van der Waals surface area contributed by atoms with E-state index in [-0.39, 0.29) is 12.4 Å². The molecule has 0 aliphatic heterocycles. The van der Waals surface area contributed by atoms with E-state index in [1.165, 1.54) is 10.6 Å². The van der Waals surface area contributed by atoms with Crippen LogP contribution in [0.25, 0.3) is 0 Å². The minimum Gasteiger partial charge on any atom is -1.00 e. The minimum atomic E-state index is 0. The SMILES string of the molecule is CC[s+]1cccc1C.[Cl-]. The Labute approximate surface area is 65.3 Å². The molecule has 1 unspecified atom stereocenters. The Morgan fingerprint density at radius 2 is 2.22 bits per heavy atom.